The van der Waals surface area contributed by atoms with Gasteiger partial charge < -0.3 is 10.4 Å². The van der Waals surface area contributed by atoms with Gasteiger partial charge in [0, 0.05) is 32.7 Å². The van der Waals surface area contributed by atoms with E-state index in [0.29, 0.717) is 26.2 Å². The Kier molecular flexibility index (Phi) is 5.71. The second kappa shape index (κ2) is 7.75. The first-order valence-corrected chi connectivity index (χ1v) is 7.10. The molecule has 114 valence electrons. The van der Waals surface area contributed by atoms with Gasteiger partial charge in [-0.05, 0) is 5.56 Å². The van der Waals surface area contributed by atoms with Crippen molar-refractivity contribution in [1.82, 2.24) is 15.1 Å². The molecule has 1 fully saturated rings. The molecule has 0 radical (unpaired) electrons. The summed E-state index contributed by atoms with van der Waals surface area (Å²) >= 11 is 0. The number of hydrogen-bond acceptors (Lipinski definition) is 4. The van der Waals surface area contributed by atoms with Crippen molar-refractivity contribution < 1.29 is 14.7 Å². The molecule has 1 aromatic rings. The molecule has 1 heterocycles. The maximum absolute atomic E-state index is 11.9. The predicted molar refractivity (Wildman–Crippen MR) is 78.8 cm³/mol. The fourth-order valence-corrected chi connectivity index (χ4v) is 2.35. The molecule has 21 heavy (non-hydrogen) atoms. The van der Waals surface area contributed by atoms with Crippen molar-refractivity contribution in [1.29, 1.82) is 0 Å². The Morgan fingerprint density at radius 2 is 1.57 bits per heavy atom. The first kappa shape index (κ1) is 15.5. The zero-order valence-electron chi connectivity index (χ0n) is 12.0. The molecule has 2 N–H and O–H groups in total. The lowest BCUT2D eigenvalue weighted by Gasteiger charge is -2.33. The molecule has 6 heteroatoms. The molecule has 0 spiro atoms. The maximum Gasteiger partial charge on any atom is 0.317 e. The highest BCUT2D eigenvalue weighted by Crippen LogP contribution is 2.01. The molecule has 2 rings (SSSR count). The van der Waals surface area contributed by atoms with Gasteiger partial charge >= 0.3 is 5.97 Å². The van der Waals surface area contributed by atoms with Crippen LogP contribution in [0.25, 0.3) is 0 Å². The molecule has 1 saturated heterocycles. The molecular formula is C15H21N3O3. The number of hydrogen-bond donors (Lipinski definition) is 2. The van der Waals surface area contributed by atoms with Crippen molar-refractivity contribution in [3.8, 4) is 0 Å². The van der Waals surface area contributed by atoms with E-state index < -0.39 is 5.97 Å². The van der Waals surface area contributed by atoms with E-state index in [1.807, 2.05) is 35.2 Å². The quantitative estimate of drug-likeness (QED) is 0.772. The number of carbonyl (C=O) groups is 2. The van der Waals surface area contributed by atoms with Gasteiger partial charge in [-0.15, -0.1) is 0 Å². The summed E-state index contributed by atoms with van der Waals surface area (Å²) in [6.07, 6.45) is 0. The van der Waals surface area contributed by atoms with Crippen LogP contribution in [0.15, 0.2) is 30.3 Å². The van der Waals surface area contributed by atoms with Gasteiger partial charge in [0.25, 0.3) is 0 Å². The van der Waals surface area contributed by atoms with E-state index in [1.165, 1.54) is 0 Å². The minimum Gasteiger partial charge on any atom is -0.480 e. The highest BCUT2D eigenvalue weighted by molar-refractivity contribution is 5.78. The standard InChI is InChI=1S/C15H21N3O3/c19-14(16-10-13-4-2-1-3-5-13)11-17-6-8-18(9-7-17)12-15(20)21/h1-5H,6-12H2,(H,16,19)(H,20,21). The van der Waals surface area contributed by atoms with Gasteiger partial charge in [0.2, 0.25) is 5.91 Å². The van der Waals surface area contributed by atoms with Crippen molar-refractivity contribution in [2.75, 3.05) is 39.3 Å². The van der Waals surface area contributed by atoms with E-state index in [9.17, 15) is 9.59 Å². The number of benzene rings is 1. The van der Waals surface area contributed by atoms with E-state index in [4.69, 9.17) is 5.11 Å². The SMILES string of the molecule is O=C(O)CN1CCN(CC(=O)NCc2ccccc2)CC1. The molecule has 0 aliphatic carbocycles. The summed E-state index contributed by atoms with van der Waals surface area (Å²) in [6, 6.07) is 9.80. The van der Waals surface area contributed by atoms with Gasteiger partial charge in [-0.25, -0.2) is 0 Å². The number of carbonyl (C=O) groups excluding carboxylic acids is 1. The second-order valence-electron chi connectivity index (χ2n) is 5.21. The van der Waals surface area contributed by atoms with Gasteiger partial charge in [0.05, 0.1) is 13.1 Å². The van der Waals surface area contributed by atoms with Crippen molar-refractivity contribution in [3.05, 3.63) is 35.9 Å². The first-order valence-electron chi connectivity index (χ1n) is 7.10. The largest absolute Gasteiger partial charge is 0.480 e. The number of nitrogens with one attached hydrogen (secondary N) is 1. The third kappa shape index (κ3) is 5.53. The van der Waals surface area contributed by atoms with E-state index in [0.717, 1.165) is 18.7 Å². The van der Waals surface area contributed by atoms with Crippen LogP contribution in [0, 0.1) is 0 Å². The zero-order chi connectivity index (χ0) is 15.1. The molecule has 0 saturated carbocycles. The molecule has 1 aliphatic heterocycles. The Hall–Kier alpha value is -1.92. The number of aliphatic carboxylic acids is 1. The summed E-state index contributed by atoms with van der Waals surface area (Å²) in [4.78, 5) is 26.5. The monoisotopic (exact) mass is 291 g/mol. The summed E-state index contributed by atoms with van der Waals surface area (Å²) < 4.78 is 0. The third-order valence-corrected chi connectivity index (χ3v) is 3.52. The summed E-state index contributed by atoms with van der Waals surface area (Å²) in [5.74, 6) is -0.797. The minimum absolute atomic E-state index is 0.00513. The first-order chi connectivity index (χ1) is 10.1. The van der Waals surface area contributed by atoms with Gasteiger partial charge in [0.15, 0.2) is 0 Å². The highest BCUT2D eigenvalue weighted by Gasteiger charge is 2.20. The van der Waals surface area contributed by atoms with Crippen LogP contribution in [0.3, 0.4) is 0 Å². The summed E-state index contributed by atoms with van der Waals surface area (Å²) in [7, 11) is 0. The number of rotatable bonds is 6. The lowest BCUT2D eigenvalue weighted by Crippen LogP contribution is -2.50. The van der Waals surface area contributed by atoms with Crippen LogP contribution < -0.4 is 5.32 Å². The molecule has 0 unspecified atom stereocenters. The molecule has 0 aromatic heterocycles. The van der Waals surface area contributed by atoms with Crippen LogP contribution in [-0.2, 0) is 16.1 Å². The molecule has 1 amide bonds. The van der Waals surface area contributed by atoms with Crippen LogP contribution in [0.4, 0.5) is 0 Å². The Balaban J connectivity index is 1.66. The molecule has 0 atom stereocenters. The van der Waals surface area contributed by atoms with Crippen LogP contribution >= 0.6 is 0 Å². The van der Waals surface area contributed by atoms with Crippen LogP contribution in [-0.4, -0.2) is 66.1 Å². The van der Waals surface area contributed by atoms with Gasteiger partial charge in [-0.1, -0.05) is 30.3 Å². The predicted octanol–water partition coefficient (Wildman–Crippen LogP) is 0.00500. The fraction of sp³-hybridized carbons (Fsp3) is 0.467. The molecule has 1 aromatic carbocycles. The number of carboxylic acid groups (broad SMARTS) is 1. The number of nitrogens with zero attached hydrogens (tertiary/aromatic N) is 2. The molecule has 1 aliphatic rings. The molecule has 6 nitrogen and oxygen atoms in total. The average molecular weight is 291 g/mol. The second-order valence-corrected chi connectivity index (χ2v) is 5.21. The van der Waals surface area contributed by atoms with E-state index in [2.05, 4.69) is 10.2 Å². The zero-order valence-corrected chi connectivity index (χ0v) is 12.0. The van der Waals surface area contributed by atoms with Crippen LogP contribution in [0.2, 0.25) is 0 Å². The van der Waals surface area contributed by atoms with Gasteiger partial charge in [-0.3, -0.25) is 19.4 Å². The van der Waals surface area contributed by atoms with E-state index >= 15 is 0 Å². The maximum atomic E-state index is 11.9. The van der Waals surface area contributed by atoms with Crippen LogP contribution in [0.1, 0.15) is 5.56 Å². The van der Waals surface area contributed by atoms with E-state index in [-0.39, 0.29) is 12.5 Å². The minimum atomic E-state index is -0.802. The number of amides is 1. The Morgan fingerprint density at radius 1 is 1.00 bits per heavy atom. The Morgan fingerprint density at radius 3 is 2.14 bits per heavy atom. The van der Waals surface area contributed by atoms with Crippen molar-refractivity contribution in [3.63, 3.8) is 0 Å². The lowest BCUT2D eigenvalue weighted by molar-refractivity contribution is -0.139. The van der Waals surface area contributed by atoms with Crippen molar-refractivity contribution in [2.45, 2.75) is 6.54 Å². The number of carboxylic acids is 1. The summed E-state index contributed by atoms with van der Waals surface area (Å²) in [5.41, 5.74) is 1.08. The van der Waals surface area contributed by atoms with E-state index in [1.54, 1.807) is 0 Å². The fourth-order valence-electron chi connectivity index (χ4n) is 2.35. The number of piperazine rings is 1. The smallest absolute Gasteiger partial charge is 0.317 e. The van der Waals surface area contributed by atoms with Gasteiger partial charge in [-0.2, -0.15) is 0 Å². The lowest BCUT2D eigenvalue weighted by atomic mass is 10.2. The van der Waals surface area contributed by atoms with Crippen LogP contribution in [0.5, 0.6) is 0 Å². The summed E-state index contributed by atoms with van der Waals surface area (Å²) in [6.45, 7) is 3.83. The Bertz CT molecular complexity index is 470. The molecule has 0 bridgehead atoms. The normalized spacial score (nSPS) is 16.6. The third-order valence-electron chi connectivity index (χ3n) is 3.52. The highest BCUT2D eigenvalue weighted by atomic mass is 16.4. The van der Waals surface area contributed by atoms with Gasteiger partial charge in [0.1, 0.15) is 0 Å². The van der Waals surface area contributed by atoms with Crippen molar-refractivity contribution in [2.24, 2.45) is 0 Å². The Labute approximate surface area is 124 Å². The average Bonchev–Trinajstić information content (AvgIpc) is 2.48. The molecular weight excluding hydrogens is 270 g/mol. The van der Waals surface area contributed by atoms with Crippen molar-refractivity contribution >= 4 is 11.9 Å². The summed E-state index contributed by atoms with van der Waals surface area (Å²) in [5, 5.41) is 11.6. The topological polar surface area (TPSA) is 72.9 Å².